The van der Waals surface area contributed by atoms with Crippen LogP contribution in [0, 0.1) is 158 Å². The maximum Gasteiger partial charge on any atom is 1.00 e. The Morgan fingerprint density at radius 2 is 0.679 bits per heavy atom. The van der Waals surface area contributed by atoms with Gasteiger partial charge in [0, 0.05) is 59.9 Å². The Morgan fingerprint density at radius 3 is 0.957 bits per heavy atom. The molecule has 9 fully saturated rings. The zero-order valence-electron chi connectivity index (χ0n) is 94.3. The third kappa shape index (κ3) is 20.3. The number of aldehydes is 1. The molecular formula is C127H210AlLiO11. The van der Waals surface area contributed by atoms with Crippen LogP contribution in [0.5, 0.6) is 0 Å². The third-order valence-electron chi connectivity index (χ3n) is 47.7. The fourth-order valence-corrected chi connectivity index (χ4v) is 38.0. The predicted molar refractivity (Wildman–Crippen MR) is 583 cm³/mol. The second-order valence-electron chi connectivity index (χ2n) is 54.6. The van der Waals surface area contributed by atoms with Crippen molar-refractivity contribution in [1.29, 1.82) is 0 Å². The number of Topliss-reactive ketones (excluding diaryl/α,β-unsaturated/α-hetero) is 3. The number of methoxy groups -OCH3 is 1. The van der Waals surface area contributed by atoms with Crippen LogP contribution in [0.2, 0.25) is 0 Å². The van der Waals surface area contributed by atoms with Crippen LogP contribution < -0.4 is 18.9 Å². The molecule has 8 saturated carbocycles. The van der Waals surface area contributed by atoms with E-state index in [-0.39, 0.29) is 125 Å². The van der Waals surface area contributed by atoms with Crippen molar-refractivity contribution in [3.63, 3.8) is 0 Å². The molecule has 11 nitrogen and oxygen atoms in total. The molecule has 1 aliphatic heterocycles. The summed E-state index contributed by atoms with van der Waals surface area (Å²) in [5.41, 5.74) is 20.5. The number of fused-ring (bicyclic) bond motifs is 16. The molecule has 13 heteroatoms. The summed E-state index contributed by atoms with van der Waals surface area (Å²) in [6.45, 7) is 68.4. The molecule has 0 spiro atoms. The zero-order chi connectivity index (χ0) is 100. The minimum atomic E-state index is -0.800. The number of hydrogen-bond donors (Lipinski definition) is 3. The molecule has 0 bridgehead atoms. The smallest absolute Gasteiger partial charge is 1.00 e. The molecule has 0 aromatic rings. The Labute approximate surface area is 880 Å². The van der Waals surface area contributed by atoms with E-state index >= 15 is 0 Å². The summed E-state index contributed by atoms with van der Waals surface area (Å²) in [4.78, 5) is 72.2. The van der Waals surface area contributed by atoms with Crippen molar-refractivity contribution in [2.75, 3.05) is 26.9 Å². The van der Waals surface area contributed by atoms with Gasteiger partial charge in [0.05, 0.1) is 19.8 Å². The SMILES string of the molecule is C.C.C/C(=C/CCC(C)[C@@H]1CC[C@]2(C)C3=C(CC[C@@]12C)[C@@]1(C)CCC(=O)C(C)(C)C1CC3)C(=O)O.C/C(=C/CCC(C)[C@@H]1CC[C@]2(C)C3=C(CC[C@@]12C)[C@@]1(C)CCC(O)C(C)(C)C1CC3)CO.C/C(C=O)=C/CCC(C)[C@@H]1CC[C@]2(C)C3=C(CC[C@@]12C)[C@@]1(C)CCC(=O)C(C)(C)C1CC3.C1CCOC1.COC(=O)/C(C)=C\CCC(C)[C@@H]1CC[C@]2(C)C3=C(CC[C@@]12C)[C@@]1(C)CCC(=O)C(C)(C)C1CC3.[AlH3].[H-].[Li+]. The number of hydrogen-bond acceptors (Lipinski definition) is 10. The largest absolute Gasteiger partial charge is 1.00 e. The van der Waals surface area contributed by atoms with Gasteiger partial charge in [0.1, 0.15) is 23.6 Å². The number of aliphatic hydroxyl groups excluding tert-OH is 2. The molecule has 3 N–H and O–H groups in total. The summed E-state index contributed by atoms with van der Waals surface area (Å²) in [5.74, 6) is 8.22. The van der Waals surface area contributed by atoms with Gasteiger partial charge in [-0.2, -0.15) is 0 Å². The molecule has 17 aliphatic rings. The van der Waals surface area contributed by atoms with Gasteiger partial charge in [-0.3, -0.25) is 19.2 Å². The Bertz CT molecular complexity index is 4740. The van der Waals surface area contributed by atoms with Gasteiger partial charge in [-0.1, -0.05) is 255 Å². The molecule has 0 aromatic heterocycles. The first kappa shape index (κ1) is 120. The molecule has 17 rings (SSSR count). The van der Waals surface area contributed by atoms with Crippen molar-refractivity contribution in [3.05, 3.63) is 91.2 Å². The number of carbonyl (C=O) groups excluding carboxylic acids is 5. The van der Waals surface area contributed by atoms with Crippen LogP contribution in [0.3, 0.4) is 0 Å². The molecule has 140 heavy (non-hydrogen) atoms. The van der Waals surface area contributed by atoms with Gasteiger partial charge in [0.25, 0.3) is 0 Å². The maximum atomic E-state index is 12.8. The van der Waals surface area contributed by atoms with Crippen LogP contribution >= 0.6 is 0 Å². The van der Waals surface area contributed by atoms with Crippen molar-refractivity contribution in [3.8, 4) is 0 Å². The first-order valence-electron chi connectivity index (χ1n) is 56.3. The van der Waals surface area contributed by atoms with E-state index in [1.54, 1.807) is 40.4 Å². The molecule has 25 atom stereocenters. The summed E-state index contributed by atoms with van der Waals surface area (Å²) >= 11 is 0. The number of ketones is 3. The number of carboxylic acids is 1. The van der Waals surface area contributed by atoms with Crippen LogP contribution in [0.25, 0.3) is 0 Å². The molecule has 1 heterocycles. The molecule has 0 aromatic carbocycles. The molecule has 788 valence electrons. The number of aliphatic hydroxyl groups is 2. The van der Waals surface area contributed by atoms with E-state index in [4.69, 9.17) is 14.6 Å². The fraction of sp³-hybridized carbons (Fsp3) is 0.827. The first-order chi connectivity index (χ1) is 63.4. The Balaban J connectivity index is 0.000000223. The quantitative estimate of drug-likeness (QED) is 0.0347. The molecule has 0 radical (unpaired) electrons. The van der Waals surface area contributed by atoms with E-state index in [9.17, 15) is 39.0 Å². The first-order valence-corrected chi connectivity index (χ1v) is 56.3. The van der Waals surface area contributed by atoms with E-state index in [0.717, 1.165) is 143 Å². The Morgan fingerprint density at radius 1 is 0.393 bits per heavy atom. The normalized spacial score (nSPS) is 40.2. The van der Waals surface area contributed by atoms with E-state index < -0.39 is 5.97 Å². The average molecular weight is 1950 g/mol. The molecule has 9 unspecified atom stereocenters. The summed E-state index contributed by atoms with van der Waals surface area (Å²) in [7, 11) is 1.45. The minimum Gasteiger partial charge on any atom is -1.00 e. The van der Waals surface area contributed by atoms with Gasteiger partial charge in [-0.05, 0) is 425 Å². The number of aliphatic carboxylic acids is 1. The van der Waals surface area contributed by atoms with Crippen molar-refractivity contribution in [1.82, 2.24) is 0 Å². The van der Waals surface area contributed by atoms with Crippen molar-refractivity contribution >= 4 is 52.9 Å². The number of carboxylic acid groups (broad SMARTS) is 1. The average Bonchev–Trinajstić information content (AvgIpc) is 1.61. The van der Waals surface area contributed by atoms with Crippen molar-refractivity contribution in [2.24, 2.45) is 158 Å². The van der Waals surface area contributed by atoms with Crippen LogP contribution in [-0.2, 0) is 38.2 Å². The molecule has 1 saturated heterocycles. The van der Waals surface area contributed by atoms with Gasteiger partial charge in [-0.25, -0.2) is 9.59 Å². The number of allylic oxidation sites excluding steroid dienone is 13. The van der Waals surface area contributed by atoms with E-state index in [2.05, 4.69) is 184 Å². The van der Waals surface area contributed by atoms with Gasteiger partial charge >= 0.3 is 30.8 Å². The zero-order valence-corrected chi connectivity index (χ0v) is 93.3. The fourth-order valence-electron chi connectivity index (χ4n) is 38.0. The van der Waals surface area contributed by atoms with Gasteiger partial charge < -0.3 is 26.2 Å². The predicted octanol–water partition coefficient (Wildman–Crippen LogP) is 28.9. The number of carbonyl (C=O) groups is 6. The van der Waals surface area contributed by atoms with Crippen LogP contribution in [0.1, 0.15) is 480 Å². The van der Waals surface area contributed by atoms with Crippen LogP contribution in [0.4, 0.5) is 0 Å². The Hall–Kier alpha value is -3.45. The molecule has 0 amide bonds. The second kappa shape index (κ2) is 44.6. The number of ether oxygens (including phenoxy) is 2. The van der Waals surface area contributed by atoms with Crippen LogP contribution in [0.15, 0.2) is 91.2 Å². The number of esters is 1. The monoisotopic (exact) mass is 1950 g/mol. The number of rotatable bonds is 20. The summed E-state index contributed by atoms with van der Waals surface area (Å²) in [5, 5.41) is 29.3. The Kier molecular flexibility index (Phi) is 38.3. The van der Waals surface area contributed by atoms with Gasteiger partial charge in [0.2, 0.25) is 0 Å². The maximum absolute atomic E-state index is 12.8. The summed E-state index contributed by atoms with van der Waals surface area (Å²) in [6.07, 6.45) is 58.2. The van der Waals surface area contributed by atoms with Crippen molar-refractivity contribution in [2.45, 2.75) is 484 Å². The third-order valence-corrected chi connectivity index (χ3v) is 47.7. The molecular weight excluding hydrogens is 1740 g/mol. The van der Waals surface area contributed by atoms with Gasteiger partial charge in [0.15, 0.2) is 17.4 Å². The van der Waals surface area contributed by atoms with Crippen LogP contribution in [-0.4, -0.2) is 101 Å². The minimum absolute atomic E-state index is 0. The summed E-state index contributed by atoms with van der Waals surface area (Å²) in [6, 6.07) is 0. The van der Waals surface area contributed by atoms with E-state index in [0.29, 0.717) is 103 Å². The molecule has 16 aliphatic carbocycles. The van der Waals surface area contributed by atoms with Crippen molar-refractivity contribution < 1.29 is 73.8 Å². The second-order valence-corrected chi connectivity index (χ2v) is 54.6. The topological polar surface area (TPSA) is 182 Å². The van der Waals surface area contributed by atoms with Gasteiger partial charge in [-0.15, -0.1) is 0 Å². The van der Waals surface area contributed by atoms with E-state index in [1.807, 2.05) is 38.0 Å². The van der Waals surface area contributed by atoms with E-state index in [1.165, 1.54) is 193 Å². The summed E-state index contributed by atoms with van der Waals surface area (Å²) < 4.78 is 9.80. The standard InChI is InChI=1S/C31H48O3.C30H46O3.C30H50O2.C30H46O2.C4H8O.2CH4.Al.Li.4H/c1-20(10-9-11-21(2)27(33)34-8)22-14-18-31(7)24-12-13-25-28(3,4)26(32)16-17-29(25,5)23(24)15-19-30(22,31)6;1-19(9-8-10-20(2)26(32)33)21-13-17-30(7)23-11-12-24-27(3,4)25(31)15-16-28(24,5)22(23)14-18-29(21,30)6;2*1-20(19-31)9-8-10-21(2)22-13-17-30(7)24-11-12-25-27(3,4)26(32)15-16-28(25,5)23(24)14-18-29(22,30)6;1-2-4-5-3-1;;;;;;;;/h11,20,22,25H,9-10,12-19H2,1-8H3;10,19,21,24H,8-9,11-18H2,1-7H3,(H,32,33);9,21-22,25-26,31-32H,8,10-19H2,1-7H3;9,19,21-22,25H,8,10-18H2,1-7H3;1-4H2;2*1H4;;;;;;/q;;;;;;;;+1;;;;-1/b21-11-;20-10-;2*20-9-;;;;;;;;;/t20?,22-,25?,29+,30-,31+;19?,21-,24?,28+,29-,30+;21?,22-,25?,26?,28+,29-,30+;21?,22-,25?,28+,29-,30+;;;;;;;;;/m0000........./s1.